The molecule has 0 aliphatic carbocycles. The maximum atomic E-state index is 13.2. The zero-order valence-corrected chi connectivity index (χ0v) is 16.6. The Hall–Kier alpha value is -1.85. The van der Waals surface area contributed by atoms with Crippen LogP contribution >= 0.6 is 0 Å². The smallest absolute Gasteiger partial charge is 0.289 e. The molecule has 1 aromatic heterocycles. The minimum atomic E-state index is 0.0198. The number of hydrogen-bond donors (Lipinski definition) is 0. The fourth-order valence-corrected chi connectivity index (χ4v) is 4.65. The zero-order chi connectivity index (χ0) is 18.8. The molecule has 6 nitrogen and oxygen atoms in total. The summed E-state index contributed by atoms with van der Waals surface area (Å²) in [6, 6.07) is 0. The lowest BCUT2D eigenvalue weighted by Crippen LogP contribution is -2.38. The van der Waals surface area contributed by atoms with E-state index in [1.54, 1.807) is 0 Å². The number of likely N-dealkylation sites (tertiary alicyclic amines) is 2. The monoisotopic (exact) mass is 372 g/mol. The molecule has 0 unspecified atom stereocenters. The summed E-state index contributed by atoms with van der Waals surface area (Å²) >= 11 is 0. The van der Waals surface area contributed by atoms with Crippen LogP contribution in [0.3, 0.4) is 0 Å². The molecule has 148 valence electrons. The van der Waals surface area contributed by atoms with Crippen LogP contribution in [0, 0.1) is 5.92 Å². The molecule has 0 bridgehead atoms. The van der Waals surface area contributed by atoms with Crippen molar-refractivity contribution in [3.8, 4) is 0 Å². The Balaban J connectivity index is 1.61. The van der Waals surface area contributed by atoms with E-state index in [1.165, 1.54) is 12.8 Å². The molecular weight excluding hydrogens is 340 g/mol. The molecule has 4 heterocycles. The van der Waals surface area contributed by atoms with E-state index in [2.05, 4.69) is 16.5 Å². The van der Waals surface area contributed by atoms with Crippen LogP contribution in [-0.2, 0) is 13.0 Å². The minimum Gasteiger partial charge on any atom is -0.337 e. The summed E-state index contributed by atoms with van der Waals surface area (Å²) in [5.41, 5.74) is 1.53. The number of amides is 2. The molecule has 0 spiro atoms. The van der Waals surface area contributed by atoms with Crippen molar-refractivity contribution in [2.24, 2.45) is 5.92 Å². The van der Waals surface area contributed by atoms with Crippen molar-refractivity contribution in [2.45, 2.75) is 71.3 Å². The molecular formula is C21H32N4O2. The Morgan fingerprint density at radius 1 is 0.815 bits per heavy atom. The molecule has 3 aliphatic rings. The van der Waals surface area contributed by atoms with E-state index < -0.39 is 0 Å². The summed E-state index contributed by atoms with van der Waals surface area (Å²) in [5.74, 6) is 1.24. The standard InChI is InChI=1S/C21H32N4O2/c1-16-9-14-24(15-10-16)20(26)18-17-8-4-7-13-25(17)19(22-18)21(27)23-11-5-2-3-6-12-23/h16H,2-15H2,1H3. The maximum absolute atomic E-state index is 13.2. The SMILES string of the molecule is CC1CCN(C(=O)c2nc(C(=O)N3CCCCCC3)n3c2CCCC3)CC1. The van der Waals surface area contributed by atoms with Crippen LogP contribution in [0.25, 0.3) is 0 Å². The first-order chi connectivity index (χ1) is 13.1. The summed E-state index contributed by atoms with van der Waals surface area (Å²) in [5, 5.41) is 0. The fourth-order valence-electron chi connectivity index (χ4n) is 4.65. The van der Waals surface area contributed by atoms with E-state index in [1.807, 2.05) is 9.80 Å². The van der Waals surface area contributed by atoms with E-state index >= 15 is 0 Å². The minimum absolute atomic E-state index is 0.0198. The Morgan fingerprint density at radius 3 is 2.15 bits per heavy atom. The van der Waals surface area contributed by atoms with E-state index in [0.717, 1.165) is 83.4 Å². The van der Waals surface area contributed by atoms with Gasteiger partial charge in [-0.15, -0.1) is 0 Å². The highest BCUT2D eigenvalue weighted by Gasteiger charge is 2.32. The van der Waals surface area contributed by atoms with Crippen LogP contribution in [0.1, 0.15) is 85.1 Å². The molecule has 0 N–H and O–H groups in total. The maximum Gasteiger partial charge on any atom is 0.289 e. The summed E-state index contributed by atoms with van der Waals surface area (Å²) in [6.07, 6.45) is 9.61. The average molecular weight is 373 g/mol. The molecule has 6 heteroatoms. The normalized spacial score (nSPS) is 21.7. The quantitative estimate of drug-likeness (QED) is 0.801. The molecule has 2 saturated heterocycles. The number of hydrogen-bond acceptors (Lipinski definition) is 3. The van der Waals surface area contributed by atoms with Crippen LogP contribution < -0.4 is 0 Å². The number of nitrogens with zero attached hydrogens (tertiary/aromatic N) is 4. The van der Waals surface area contributed by atoms with E-state index in [4.69, 9.17) is 0 Å². The highest BCUT2D eigenvalue weighted by atomic mass is 16.2. The lowest BCUT2D eigenvalue weighted by Gasteiger charge is -2.30. The second-order valence-electron chi connectivity index (χ2n) is 8.52. The van der Waals surface area contributed by atoms with Crippen molar-refractivity contribution >= 4 is 11.8 Å². The first kappa shape index (κ1) is 18.5. The van der Waals surface area contributed by atoms with Gasteiger partial charge in [0.1, 0.15) is 5.69 Å². The molecule has 3 aliphatic heterocycles. The number of carbonyl (C=O) groups excluding carboxylic acids is 2. The number of aromatic nitrogens is 2. The third kappa shape index (κ3) is 3.76. The second kappa shape index (κ2) is 8.03. The Labute approximate surface area is 161 Å². The van der Waals surface area contributed by atoms with Crippen molar-refractivity contribution in [3.63, 3.8) is 0 Å². The lowest BCUT2D eigenvalue weighted by atomic mass is 9.98. The van der Waals surface area contributed by atoms with Crippen LogP contribution in [-0.4, -0.2) is 57.3 Å². The molecule has 0 aromatic carbocycles. The van der Waals surface area contributed by atoms with Crippen LogP contribution in [0.5, 0.6) is 0 Å². The summed E-state index contributed by atoms with van der Waals surface area (Å²) < 4.78 is 2.05. The average Bonchev–Trinajstić information content (AvgIpc) is 2.87. The van der Waals surface area contributed by atoms with E-state index in [0.29, 0.717) is 17.4 Å². The van der Waals surface area contributed by atoms with Gasteiger partial charge in [0.05, 0.1) is 5.69 Å². The van der Waals surface area contributed by atoms with Gasteiger partial charge in [-0.2, -0.15) is 0 Å². The number of carbonyl (C=O) groups is 2. The van der Waals surface area contributed by atoms with Gasteiger partial charge in [-0.1, -0.05) is 19.8 Å². The Bertz CT molecular complexity index is 695. The molecule has 0 atom stereocenters. The van der Waals surface area contributed by atoms with E-state index in [9.17, 15) is 9.59 Å². The van der Waals surface area contributed by atoms with Gasteiger partial charge in [0.15, 0.2) is 5.82 Å². The molecule has 4 rings (SSSR count). The van der Waals surface area contributed by atoms with Gasteiger partial charge in [-0.3, -0.25) is 9.59 Å². The predicted molar refractivity (Wildman–Crippen MR) is 104 cm³/mol. The molecule has 1 aromatic rings. The molecule has 0 radical (unpaired) electrons. The van der Waals surface area contributed by atoms with Crippen molar-refractivity contribution in [1.82, 2.24) is 19.4 Å². The van der Waals surface area contributed by atoms with E-state index in [-0.39, 0.29) is 11.8 Å². The third-order valence-corrected chi connectivity index (χ3v) is 6.48. The van der Waals surface area contributed by atoms with Crippen LogP contribution in [0.4, 0.5) is 0 Å². The zero-order valence-electron chi connectivity index (χ0n) is 16.6. The van der Waals surface area contributed by atoms with Gasteiger partial charge >= 0.3 is 0 Å². The van der Waals surface area contributed by atoms with Crippen molar-refractivity contribution in [1.29, 1.82) is 0 Å². The molecule has 2 fully saturated rings. The van der Waals surface area contributed by atoms with Gasteiger partial charge in [0.2, 0.25) is 0 Å². The largest absolute Gasteiger partial charge is 0.337 e. The summed E-state index contributed by atoms with van der Waals surface area (Å²) in [7, 11) is 0. The van der Waals surface area contributed by atoms with Crippen molar-refractivity contribution in [3.05, 3.63) is 17.2 Å². The molecule has 2 amide bonds. The Morgan fingerprint density at radius 2 is 1.44 bits per heavy atom. The summed E-state index contributed by atoms with van der Waals surface area (Å²) in [6.45, 7) is 6.30. The third-order valence-electron chi connectivity index (χ3n) is 6.48. The van der Waals surface area contributed by atoms with Crippen LogP contribution in [0.2, 0.25) is 0 Å². The van der Waals surface area contributed by atoms with Gasteiger partial charge < -0.3 is 14.4 Å². The number of rotatable bonds is 2. The second-order valence-corrected chi connectivity index (χ2v) is 8.52. The first-order valence-corrected chi connectivity index (χ1v) is 10.8. The fraction of sp³-hybridized carbons (Fsp3) is 0.762. The van der Waals surface area contributed by atoms with Crippen molar-refractivity contribution < 1.29 is 9.59 Å². The van der Waals surface area contributed by atoms with Gasteiger partial charge in [-0.05, 0) is 50.9 Å². The van der Waals surface area contributed by atoms with Crippen molar-refractivity contribution in [2.75, 3.05) is 26.2 Å². The topological polar surface area (TPSA) is 58.4 Å². The molecule has 27 heavy (non-hydrogen) atoms. The van der Waals surface area contributed by atoms with Gasteiger partial charge in [0.25, 0.3) is 11.8 Å². The lowest BCUT2D eigenvalue weighted by molar-refractivity contribution is 0.0690. The summed E-state index contributed by atoms with van der Waals surface area (Å²) in [4.78, 5) is 34.9. The number of imidazole rings is 1. The highest BCUT2D eigenvalue weighted by molar-refractivity contribution is 5.97. The number of piperidine rings is 1. The van der Waals surface area contributed by atoms with Gasteiger partial charge in [-0.25, -0.2) is 4.98 Å². The van der Waals surface area contributed by atoms with Crippen LogP contribution in [0.15, 0.2) is 0 Å². The highest BCUT2D eigenvalue weighted by Crippen LogP contribution is 2.25. The predicted octanol–water partition coefficient (Wildman–Crippen LogP) is 3.11. The van der Waals surface area contributed by atoms with Gasteiger partial charge in [0, 0.05) is 32.7 Å². The Kier molecular flexibility index (Phi) is 5.50. The number of fused-ring (bicyclic) bond motifs is 1. The molecule has 0 saturated carbocycles. The first-order valence-electron chi connectivity index (χ1n) is 10.8.